The smallest absolute Gasteiger partial charge is 0.194 e. The fourth-order valence-electron chi connectivity index (χ4n) is 4.66. The van der Waals surface area contributed by atoms with Crippen molar-refractivity contribution < 1.29 is 9.47 Å². The summed E-state index contributed by atoms with van der Waals surface area (Å²) in [6, 6.07) is 39.9. The Morgan fingerprint density at radius 2 is 1.12 bits per heavy atom. The minimum atomic E-state index is 0.482. The molecule has 0 aliphatic rings. The molecule has 0 aromatic heterocycles. The van der Waals surface area contributed by atoms with Crippen molar-refractivity contribution >= 4 is 47.1 Å². The molecule has 0 aliphatic carbocycles. The topological polar surface area (TPSA) is 49.8 Å². The maximum Gasteiger partial charge on any atom is 0.194 e. The number of hydrogen-bond acceptors (Lipinski definition) is 4. The molecule has 0 amide bonds. The summed E-state index contributed by atoms with van der Waals surface area (Å²) >= 11 is 0. The summed E-state index contributed by atoms with van der Waals surface area (Å²) in [4.78, 5) is 5.92. The van der Waals surface area contributed by atoms with E-state index < -0.39 is 0 Å². The maximum absolute atomic E-state index is 9.84. The van der Waals surface area contributed by atoms with Crippen LogP contribution in [0.5, 0.6) is 11.5 Å². The molecule has 0 saturated carbocycles. The molecule has 0 spiro atoms. The minimum Gasteiger partial charge on any atom is -0.497 e. The van der Waals surface area contributed by atoms with Crippen molar-refractivity contribution in [2.24, 2.45) is 0 Å². The van der Waals surface area contributed by atoms with Gasteiger partial charge in [0.1, 0.15) is 11.5 Å². The summed E-state index contributed by atoms with van der Waals surface area (Å²) in [5.41, 5.74) is 7.40. The number of para-hydroxylation sites is 1. The molecule has 0 heterocycles. The van der Waals surface area contributed by atoms with Crippen molar-refractivity contribution in [3.8, 4) is 17.6 Å². The van der Waals surface area contributed by atoms with E-state index in [1.165, 1.54) is 0 Å². The molecular weight excluding hydrogens is 530 g/mol. The van der Waals surface area contributed by atoms with Crippen LogP contribution in [0.3, 0.4) is 0 Å². The highest BCUT2D eigenvalue weighted by molar-refractivity contribution is 5.83. The van der Waals surface area contributed by atoms with E-state index in [9.17, 15) is 5.26 Å². The van der Waals surface area contributed by atoms with Crippen LogP contribution < -0.4 is 14.4 Å². The Kier molecular flexibility index (Phi) is 8.97. The zero-order valence-corrected chi connectivity index (χ0v) is 23.9. The predicted octanol–water partition coefficient (Wildman–Crippen LogP) is 9.94. The Morgan fingerprint density at radius 1 is 0.628 bits per heavy atom. The highest BCUT2D eigenvalue weighted by Gasteiger charge is 2.12. The molecular formula is C38H29N3O2. The summed E-state index contributed by atoms with van der Waals surface area (Å²) in [5, 5.41) is 9.84. The van der Waals surface area contributed by atoms with Gasteiger partial charge in [-0.15, -0.1) is 0 Å². The molecule has 0 N–H and O–H groups in total. The molecule has 0 fully saturated rings. The van der Waals surface area contributed by atoms with Crippen LogP contribution in [0.1, 0.15) is 27.8 Å². The van der Waals surface area contributed by atoms with Gasteiger partial charge in [-0.25, -0.2) is 4.85 Å². The van der Waals surface area contributed by atoms with Crippen LogP contribution in [0.15, 0.2) is 115 Å². The lowest BCUT2D eigenvalue weighted by molar-refractivity contribution is 0.414. The summed E-state index contributed by atoms with van der Waals surface area (Å²) in [5.74, 6) is 1.58. The first kappa shape index (κ1) is 28.5. The highest BCUT2D eigenvalue weighted by Crippen LogP contribution is 2.35. The van der Waals surface area contributed by atoms with Gasteiger partial charge in [0.05, 0.1) is 32.4 Å². The second-order valence-electron chi connectivity index (χ2n) is 9.62. The van der Waals surface area contributed by atoms with Gasteiger partial charge in [0.25, 0.3) is 0 Å². The first-order valence-corrected chi connectivity index (χ1v) is 13.7. The number of rotatable bonds is 9. The summed E-state index contributed by atoms with van der Waals surface area (Å²) in [7, 11) is 3.29. The van der Waals surface area contributed by atoms with Crippen molar-refractivity contribution in [2.75, 3.05) is 19.1 Å². The van der Waals surface area contributed by atoms with Crippen LogP contribution in [0, 0.1) is 17.9 Å². The van der Waals surface area contributed by atoms with Crippen molar-refractivity contribution in [3.63, 3.8) is 0 Å². The second-order valence-corrected chi connectivity index (χ2v) is 9.62. The zero-order valence-electron chi connectivity index (χ0n) is 23.9. The molecule has 5 aromatic carbocycles. The summed E-state index contributed by atoms with van der Waals surface area (Å²) in [6.07, 6.45) is 7.63. The normalized spacial score (nSPS) is 10.8. The van der Waals surface area contributed by atoms with Crippen molar-refractivity contribution in [1.29, 1.82) is 5.26 Å². The van der Waals surface area contributed by atoms with E-state index in [2.05, 4.69) is 40.1 Å². The molecule has 5 rings (SSSR count). The predicted molar refractivity (Wildman–Crippen MR) is 176 cm³/mol. The van der Waals surface area contributed by atoms with Gasteiger partial charge in [0.15, 0.2) is 5.69 Å². The lowest BCUT2D eigenvalue weighted by Crippen LogP contribution is -2.09. The fourth-order valence-corrected chi connectivity index (χ4v) is 4.66. The van der Waals surface area contributed by atoms with Crippen LogP contribution in [-0.4, -0.2) is 14.2 Å². The van der Waals surface area contributed by atoms with Gasteiger partial charge in [-0.05, 0) is 95.1 Å². The number of nitriles is 1. The van der Waals surface area contributed by atoms with Crippen molar-refractivity contribution in [2.45, 2.75) is 0 Å². The summed E-state index contributed by atoms with van der Waals surface area (Å²) < 4.78 is 10.6. The van der Waals surface area contributed by atoms with Crippen LogP contribution in [0.2, 0.25) is 0 Å². The Bertz CT molecular complexity index is 1830. The van der Waals surface area contributed by atoms with Crippen molar-refractivity contribution in [3.05, 3.63) is 154 Å². The third kappa shape index (κ3) is 6.82. The molecule has 208 valence electrons. The molecule has 5 aromatic rings. The van der Waals surface area contributed by atoms with Gasteiger partial charge >= 0.3 is 0 Å². The van der Waals surface area contributed by atoms with Crippen molar-refractivity contribution in [1.82, 2.24) is 0 Å². The van der Waals surface area contributed by atoms with Crippen LogP contribution in [0.4, 0.5) is 22.7 Å². The van der Waals surface area contributed by atoms with Crippen LogP contribution in [0.25, 0.3) is 29.1 Å². The number of hydrogen-bond donors (Lipinski definition) is 0. The van der Waals surface area contributed by atoms with Gasteiger partial charge in [-0.2, -0.15) is 5.26 Å². The highest BCUT2D eigenvalue weighted by atomic mass is 16.5. The van der Waals surface area contributed by atoms with E-state index >= 15 is 0 Å². The van der Waals surface area contributed by atoms with Gasteiger partial charge in [-0.3, -0.25) is 0 Å². The number of anilines is 3. The second kappa shape index (κ2) is 13.5. The first-order chi connectivity index (χ1) is 21.1. The van der Waals surface area contributed by atoms with Crippen LogP contribution in [-0.2, 0) is 0 Å². The average molecular weight is 560 g/mol. The molecule has 0 atom stereocenters. The first-order valence-electron chi connectivity index (χ1n) is 13.7. The number of nitrogens with zero attached hydrogens (tertiary/aromatic N) is 3. The molecule has 0 aliphatic heterocycles. The largest absolute Gasteiger partial charge is 0.497 e. The van der Waals surface area contributed by atoms with Crippen LogP contribution >= 0.6 is 0 Å². The Morgan fingerprint density at radius 3 is 1.65 bits per heavy atom. The lowest BCUT2D eigenvalue weighted by Gasteiger charge is -2.25. The standard InChI is InChI=1S/C38H29N3O2/c1-40-38-26-30(15-9-29-13-21-36(42-2)22-14-29)32(27-39)25-31(38)16-10-28-11-17-34(18-12-28)41(33-7-5-4-6-8-33)35-19-23-37(43-3)24-20-35/h4-26H,2-3H3/b15-9-,16-10-. The number of ether oxygens (including phenoxy) is 2. The Hall–Kier alpha value is -6.04. The molecule has 5 nitrogen and oxygen atoms in total. The summed E-state index contributed by atoms with van der Waals surface area (Å²) in [6.45, 7) is 7.75. The number of methoxy groups -OCH3 is 2. The minimum absolute atomic E-state index is 0.482. The van der Waals surface area contributed by atoms with E-state index in [0.29, 0.717) is 22.4 Å². The monoisotopic (exact) mass is 559 g/mol. The molecule has 5 heteroatoms. The lowest BCUT2D eigenvalue weighted by atomic mass is 10.0. The fraction of sp³-hybridized carbons (Fsp3) is 0.0526. The Labute approximate surface area is 252 Å². The molecule has 0 unspecified atom stereocenters. The number of benzene rings is 5. The molecule has 0 saturated heterocycles. The third-order valence-corrected chi connectivity index (χ3v) is 6.96. The van der Waals surface area contributed by atoms with Gasteiger partial charge in [0, 0.05) is 17.1 Å². The van der Waals surface area contributed by atoms with E-state index in [1.807, 2.05) is 103 Å². The van der Waals surface area contributed by atoms with E-state index in [1.54, 1.807) is 26.4 Å². The third-order valence-electron chi connectivity index (χ3n) is 6.96. The van der Waals surface area contributed by atoms with Gasteiger partial charge in [-0.1, -0.05) is 66.8 Å². The SMILES string of the molecule is [C-]#[N+]c1cc(/C=C\c2ccc(OC)cc2)c(C#N)cc1/C=C\c1ccc(N(c2ccccc2)c2ccc(OC)cc2)cc1. The molecule has 43 heavy (non-hydrogen) atoms. The quantitative estimate of drug-likeness (QED) is 0.133. The average Bonchev–Trinajstić information content (AvgIpc) is 3.08. The zero-order chi connectivity index (χ0) is 30.0. The van der Waals surface area contributed by atoms with E-state index in [0.717, 1.165) is 39.7 Å². The molecule has 0 radical (unpaired) electrons. The van der Waals surface area contributed by atoms with Gasteiger partial charge in [0.2, 0.25) is 0 Å². The Balaban J connectivity index is 1.40. The van der Waals surface area contributed by atoms with E-state index in [4.69, 9.17) is 16.0 Å². The van der Waals surface area contributed by atoms with Gasteiger partial charge < -0.3 is 14.4 Å². The maximum atomic E-state index is 9.84. The molecule has 0 bridgehead atoms. The van der Waals surface area contributed by atoms with E-state index in [-0.39, 0.29) is 0 Å².